The minimum atomic E-state index is -3.10. The summed E-state index contributed by atoms with van der Waals surface area (Å²) in [6, 6.07) is 0. The van der Waals surface area contributed by atoms with Gasteiger partial charge in [0.25, 0.3) is 0 Å². The maximum Gasteiger partial charge on any atom is 0.217 e. The van der Waals surface area contributed by atoms with E-state index in [0.717, 1.165) is 0 Å². The number of sulfonamides is 1. The summed E-state index contributed by atoms with van der Waals surface area (Å²) in [5, 5.41) is 2.58. The van der Waals surface area contributed by atoms with Crippen molar-refractivity contribution in [1.29, 1.82) is 0 Å². The Labute approximate surface area is 93.1 Å². The third-order valence-corrected chi connectivity index (χ3v) is 5.52. The fourth-order valence-corrected chi connectivity index (χ4v) is 3.70. The molecule has 1 saturated heterocycles. The van der Waals surface area contributed by atoms with Crippen LogP contribution in [0.4, 0.5) is 0 Å². The Balaban J connectivity index is 2.71. The van der Waals surface area contributed by atoms with Crippen molar-refractivity contribution in [2.75, 3.05) is 26.7 Å². The molecule has 1 heterocycles. The lowest BCUT2D eigenvalue weighted by atomic mass is 10.0. The van der Waals surface area contributed by atoms with Gasteiger partial charge in [0.1, 0.15) is 0 Å². The van der Waals surface area contributed by atoms with Gasteiger partial charge in [0, 0.05) is 19.6 Å². The lowest BCUT2D eigenvalue weighted by Gasteiger charge is -2.21. The van der Waals surface area contributed by atoms with Crippen LogP contribution in [0.25, 0.3) is 0 Å². The van der Waals surface area contributed by atoms with Crippen molar-refractivity contribution in [3.8, 4) is 0 Å². The summed E-state index contributed by atoms with van der Waals surface area (Å²) < 4.78 is 25.8. The van der Waals surface area contributed by atoms with E-state index in [4.69, 9.17) is 0 Å². The number of nitrogens with zero attached hydrogens (tertiary/aromatic N) is 1. The molecular formula is C10H22N2O2S. The molecule has 0 saturated carbocycles. The Hall–Kier alpha value is -0.130. The Morgan fingerprint density at radius 3 is 2.20 bits per heavy atom. The van der Waals surface area contributed by atoms with Gasteiger partial charge >= 0.3 is 0 Å². The molecule has 0 spiro atoms. The van der Waals surface area contributed by atoms with Crippen LogP contribution in [0.3, 0.4) is 0 Å². The van der Waals surface area contributed by atoms with Gasteiger partial charge in [0.15, 0.2) is 0 Å². The van der Waals surface area contributed by atoms with Gasteiger partial charge in [-0.3, -0.25) is 0 Å². The molecule has 1 rings (SSSR count). The average Bonchev–Trinajstić information content (AvgIpc) is 2.48. The van der Waals surface area contributed by atoms with Crippen LogP contribution in [0.1, 0.15) is 20.8 Å². The highest BCUT2D eigenvalue weighted by molar-refractivity contribution is 7.89. The van der Waals surface area contributed by atoms with Crippen LogP contribution in [-0.4, -0.2) is 44.7 Å². The predicted octanol–water partition coefficient (Wildman–Crippen LogP) is 0.512. The number of hydrogen-bond donors (Lipinski definition) is 1. The van der Waals surface area contributed by atoms with E-state index in [-0.39, 0.29) is 5.25 Å². The molecule has 90 valence electrons. The van der Waals surface area contributed by atoms with Gasteiger partial charge in [0.2, 0.25) is 10.0 Å². The highest BCUT2D eigenvalue weighted by Crippen LogP contribution is 2.26. The second-order valence-corrected chi connectivity index (χ2v) is 7.04. The van der Waals surface area contributed by atoms with Crippen molar-refractivity contribution in [2.24, 2.45) is 11.8 Å². The molecule has 0 radical (unpaired) electrons. The molecule has 0 bridgehead atoms. The van der Waals surface area contributed by atoms with Gasteiger partial charge in [-0.2, -0.15) is 0 Å². The molecule has 1 aliphatic rings. The molecule has 0 aromatic carbocycles. The van der Waals surface area contributed by atoms with Gasteiger partial charge in [-0.15, -0.1) is 0 Å². The van der Waals surface area contributed by atoms with Crippen LogP contribution in [-0.2, 0) is 10.0 Å². The lowest BCUT2D eigenvalue weighted by Crippen LogP contribution is -2.40. The number of rotatable bonds is 4. The van der Waals surface area contributed by atoms with Crippen molar-refractivity contribution in [3.63, 3.8) is 0 Å². The zero-order valence-corrected chi connectivity index (χ0v) is 10.8. The highest BCUT2D eigenvalue weighted by atomic mass is 32.2. The molecule has 15 heavy (non-hydrogen) atoms. The molecule has 1 aliphatic heterocycles. The Morgan fingerprint density at radius 2 is 1.80 bits per heavy atom. The summed E-state index contributed by atoms with van der Waals surface area (Å²) in [4.78, 5) is 0. The maximum absolute atomic E-state index is 12.1. The largest absolute Gasteiger partial charge is 0.318 e. The molecule has 0 aromatic heterocycles. The number of nitrogens with one attached hydrogen (secondary N) is 1. The third kappa shape index (κ3) is 2.71. The van der Waals surface area contributed by atoms with Crippen molar-refractivity contribution in [3.05, 3.63) is 0 Å². The van der Waals surface area contributed by atoms with E-state index in [0.29, 0.717) is 31.5 Å². The highest BCUT2D eigenvalue weighted by Gasteiger charge is 2.36. The predicted molar refractivity (Wildman–Crippen MR) is 62.2 cm³/mol. The van der Waals surface area contributed by atoms with Gasteiger partial charge in [-0.25, -0.2) is 12.7 Å². The standard InChI is InChI=1S/C10H22N2O2S/c1-8-6-12(7-9(8)2)15(13,14)10(3)5-11-4/h8-11H,5-7H2,1-4H3. The molecule has 4 nitrogen and oxygen atoms in total. The van der Waals surface area contributed by atoms with Crippen molar-refractivity contribution >= 4 is 10.0 Å². The molecule has 3 atom stereocenters. The first-order chi connectivity index (χ1) is 6.89. The summed E-state index contributed by atoms with van der Waals surface area (Å²) in [6.07, 6.45) is 0. The lowest BCUT2D eigenvalue weighted by molar-refractivity contribution is 0.452. The fraction of sp³-hybridized carbons (Fsp3) is 1.00. The zero-order chi connectivity index (χ0) is 11.6. The van der Waals surface area contributed by atoms with Gasteiger partial charge < -0.3 is 5.32 Å². The van der Waals surface area contributed by atoms with Gasteiger partial charge in [-0.05, 0) is 25.8 Å². The summed E-state index contributed by atoms with van der Waals surface area (Å²) in [5.41, 5.74) is 0. The summed E-state index contributed by atoms with van der Waals surface area (Å²) in [7, 11) is -1.32. The van der Waals surface area contributed by atoms with Crippen LogP contribution in [0.5, 0.6) is 0 Å². The van der Waals surface area contributed by atoms with Crippen molar-refractivity contribution < 1.29 is 8.42 Å². The van der Waals surface area contributed by atoms with Crippen LogP contribution in [0.2, 0.25) is 0 Å². The zero-order valence-electron chi connectivity index (χ0n) is 10.0. The normalized spacial score (nSPS) is 30.7. The quantitative estimate of drug-likeness (QED) is 0.771. The Bertz CT molecular complexity index is 293. The molecule has 0 aromatic rings. The Morgan fingerprint density at radius 1 is 1.33 bits per heavy atom. The fourth-order valence-electron chi connectivity index (χ4n) is 1.93. The number of hydrogen-bond acceptors (Lipinski definition) is 3. The van der Waals surface area contributed by atoms with Crippen LogP contribution >= 0.6 is 0 Å². The summed E-state index contributed by atoms with van der Waals surface area (Å²) in [5.74, 6) is 0.947. The minimum Gasteiger partial charge on any atom is -0.318 e. The van der Waals surface area contributed by atoms with E-state index in [9.17, 15) is 8.42 Å². The molecule has 5 heteroatoms. The first kappa shape index (κ1) is 12.9. The molecule has 1 N–H and O–H groups in total. The average molecular weight is 234 g/mol. The molecular weight excluding hydrogens is 212 g/mol. The maximum atomic E-state index is 12.1. The van der Waals surface area contributed by atoms with E-state index in [1.54, 1.807) is 18.3 Å². The van der Waals surface area contributed by atoms with Crippen molar-refractivity contribution in [2.45, 2.75) is 26.0 Å². The minimum absolute atomic E-state index is 0.333. The van der Waals surface area contributed by atoms with Crippen molar-refractivity contribution in [1.82, 2.24) is 9.62 Å². The topological polar surface area (TPSA) is 49.4 Å². The molecule has 1 fully saturated rings. The van der Waals surface area contributed by atoms with E-state index in [1.165, 1.54) is 0 Å². The van der Waals surface area contributed by atoms with Crippen LogP contribution < -0.4 is 5.32 Å². The van der Waals surface area contributed by atoms with Gasteiger partial charge in [0.05, 0.1) is 5.25 Å². The third-order valence-electron chi connectivity index (χ3n) is 3.31. The monoisotopic (exact) mass is 234 g/mol. The summed E-state index contributed by atoms with van der Waals surface area (Å²) in [6.45, 7) is 7.86. The van der Waals surface area contributed by atoms with E-state index in [1.807, 2.05) is 0 Å². The second-order valence-electron chi connectivity index (χ2n) is 4.68. The van der Waals surface area contributed by atoms with Gasteiger partial charge in [-0.1, -0.05) is 13.8 Å². The second kappa shape index (κ2) is 4.80. The molecule has 3 unspecified atom stereocenters. The summed E-state index contributed by atoms with van der Waals surface area (Å²) >= 11 is 0. The van der Waals surface area contributed by atoms with Crippen LogP contribution in [0.15, 0.2) is 0 Å². The first-order valence-corrected chi connectivity index (χ1v) is 7.03. The van der Waals surface area contributed by atoms with Crippen LogP contribution in [0, 0.1) is 11.8 Å². The first-order valence-electron chi connectivity index (χ1n) is 5.53. The van der Waals surface area contributed by atoms with E-state index >= 15 is 0 Å². The Kier molecular flexibility index (Phi) is 4.14. The SMILES string of the molecule is CNCC(C)S(=O)(=O)N1CC(C)C(C)C1. The van der Waals surface area contributed by atoms with E-state index < -0.39 is 10.0 Å². The van der Waals surface area contributed by atoms with E-state index in [2.05, 4.69) is 19.2 Å². The smallest absolute Gasteiger partial charge is 0.217 e. The molecule has 0 amide bonds. The molecule has 0 aliphatic carbocycles.